The van der Waals surface area contributed by atoms with E-state index in [9.17, 15) is 13.9 Å². The van der Waals surface area contributed by atoms with Gasteiger partial charge in [-0.2, -0.15) is 0 Å². The molecule has 0 amide bonds. The van der Waals surface area contributed by atoms with Gasteiger partial charge in [-0.1, -0.05) is 0 Å². The molecule has 2 aromatic heterocycles. The number of rotatable bonds is 2. The minimum atomic E-state index is -2.62. The van der Waals surface area contributed by atoms with Crippen LogP contribution in [0.1, 0.15) is 23.8 Å². The van der Waals surface area contributed by atoms with Gasteiger partial charge in [-0.05, 0) is 6.07 Å². The molecule has 1 saturated carbocycles. The normalized spacial score (nSPS) is 20.8. The van der Waals surface area contributed by atoms with Gasteiger partial charge in [0.25, 0.3) is 0 Å². The van der Waals surface area contributed by atoms with Gasteiger partial charge >= 0.3 is 0 Å². The van der Waals surface area contributed by atoms with E-state index in [1.54, 1.807) is 6.07 Å². The number of nitrogens with zero attached hydrogens (tertiary/aromatic N) is 2. The number of alkyl halides is 2. The van der Waals surface area contributed by atoms with Crippen LogP contribution in [0.4, 0.5) is 14.6 Å². The molecule has 0 saturated heterocycles. The Morgan fingerprint density at radius 3 is 2.89 bits per heavy atom. The van der Waals surface area contributed by atoms with E-state index in [1.165, 1.54) is 17.5 Å². The zero-order valence-corrected chi connectivity index (χ0v) is 10.1. The summed E-state index contributed by atoms with van der Waals surface area (Å²) in [5.41, 5.74) is 6.15. The molecule has 4 nitrogen and oxygen atoms in total. The summed E-state index contributed by atoms with van der Waals surface area (Å²) in [4.78, 5) is 9.41. The third-order valence-corrected chi connectivity index (χ3v) is 4.23. The largest absolute Gasteiger partial charge is 0.387 e. The van der Waals surface area contributed by atoms with Gasteiger partial charge in [-0.25, -0.2) is 18.7 Å². The molecule has 0 aliphatic heterocycles. The number of fused-ring (bicyclic) bond motifs is 1. The first-order valence-corrected chi connectivity index (χ1v) is 6.34. The van der Waals surface area contributed by atoms with Crippen LogP contribution in [0.5, 0.6) is 0 Å². The highest BCUT2D eigenvalue weighted by Gasteiger charge is 2.48. The van der Waals surface area contributed by atoms with Gasteiger partial charge in [-0.3, -0.25) is 0 Å². The SMILES string of the molecule is Nc1cnc2cc(C(O)C3CC(F)(F)C3)sc2n1. The van der Waals surface area contributed by atoms with Crippen molar-refractivity contribution in [2.24, 2.45) is 5.92 Å². The zero-order chi connectivity index (χ0) is 12.9. The lowest BCUT2D eigenvalue weighted by atomic mass is 9.77. The van der Waals surface area contributed by atoms with E-state index < -0.39 is 12.0 Å². The molecule has 0 aromatic carbocycles. The molecule has 0 bridgehead atoms. The number of aliphatic hydroxyl groups is 1. The number of hydrogen-bond donors (Lipinski definition) is 2. The minimum Gasteiger partial charge on any atom is -0.387 e. The molecule has 3 N–H and O–H groups in total. The van der Waals surface area contributed by atoms with E-state index in [2.05, 4.69) is 9.97 Å². The molecular weight excluding hydrogens is 260 g/mol. The van der Waals surface area contributed by atoms with E-state index in [0.29, 0.717) is 21.0 Å². The molecule has 1 aliphatic carbocycles. The Bertz CT molecular complexity index is 593. The second kappa shape index (κ2) is 3.83. The summed E-state index contributed by atoms with van der Waals surface area (Å²) < 4.78 is 25.5. The average Bonchev–Trinajstić information content (AvgIpc) is 2.67. The molecule has 2 heterocycles. The van der Waals surface area contributed by atoms with Crippen LogP contribution in [0.2, 0.25) is 0 Å². The Morgan fingerprint density at radius 2 is 2.22 bits per heavy atom. The highest BCUT2D eigenvalue weighted by molar-refractivity contribution is 7.18. The predicted octanol–water partition coefficient (Wildman–Crippen LogP) is 2.35. The second-order valence-corrected chi connectivity index (χ2v) is 5.67. The first-order valence-electron chi connectivity index (χ1n) is 5.52. The molecule has 1 fully saturated rings. The summed E-state index contributed by atoms with van der Waals surface area (Å²) in [5.74, 6) is -2.70. The molecule has 0 spiro atoms. The van der Waals surface area contributed by atoms with Crippen molar-refractivity contribution in [1.82, 2.24) is 9.97 Å². The summed E-state index contributed by atoms with van der Waals surface area (Å²) in [5, 5.41) is 10.0. The lowest BCUT2D eigenvalue weighted by Crippen LogP contribution is -2.38. The number of nitrogens with two attached hydrogens (primary N) is 1. The standard InChI is InChI=1S/C11H11F2N3OS/c12-11(13)2-5(3-11)9(17)7-1-6-10(18-7)16-8(14)4-15-6/h1,4-5,9,17H,2-3H2,(H2,14,16). The molecule has 2 aromatic rings. The summed E-state index contributed by atoms with van der Waals surface area (Å²) in [6.07, 6.45) is 0.0475. The third kappa shape index (κ3) is 1.93. The molecular formula is C11H11F2N3OS. The molecule has 0 radical (unpaired) electrons. The topological polar surface area (TPSA) is 72.0 Å². The van der Waals surface area contributed by atoms with E-state index in [1.807, 2.05) is 0 Å². The molecule has 3 rings (SSSR count). The Hall–Kier alpha value is -1.34. The Balaban J connectivity index is 1.86. The van der Waals surface area contributed by atoms with Crippen LogP contribution in [0.25, 0.3) is 10.3 Å². The van der Waals surface area contributed by atoms with Gasteiger partial charge in [0.05, 0.1) is 12.3 Å². The number of nitrogen functional groups attached to an aromatic ring is 1. The molecule has 7 heteroatoms. The molecule has 18 heavy (non-hydrogen) atoms. The number of halogens is 2. The Morgan fingerprint density at radius 1 is 1.50 bits per heavy atom. The highest BCUT2D eigenvalue weighted by atomic mass is 32.1. The number of thiophene rings is 1. The molecule has 96 valence electrons. The van der Waals surface area contributed by atoms with Gasteiger partial charge in [0.2, 0.25) is 5.92 Å². The number of aliphatic hydroxyl groups excluding tert-OH is 1. The fourth-order valence-electron chi connectivity index (χ4n) is 2.15. The quantitative estimate of drug-likeness (QED) is 0.879. The first kappa shape index (κ1) is 11.7. The lowest BCUT2D eigenvalue weighted by molar-refractivity contribution is -0.141. The van der Waals surface area contributed by atoms with Crippen molar-refractivity contribution in [3.05, 3.63) is 17.1 Å². The summed E-state index contributed by atoms with van der Waals surface area (Å²) in [6, 6.07) is 1.69. The predicted molar refractivity (Wildman–Crippen MR) is 64.5 cm³/mol. The van der Waals surface area contributed by atoms with E-state index in [4.69, 9.17) is 5.73 Å². The minimum absolute atomic E-state index is 0.259. The van der Waals surface area contributed by atoms with Crippen LogP contribution in [0.15, 0.2) is 12.3 Å². The fraction of sp³-hybridized carbons (Fsp3) is 0.455. The van der Waals surface area contributed by atoms with E-state index in [-0.39, 0.29) is 18.8 Å². The van der Waals surface area contributed by atoms with Crippen molar-refractivity contribution in [1.29, 1.82) is 0 Å². The van der Waals surface area contributed by atoms with Crippen molar-refractivity contribution in [3.63, 3.8) is 0 Å². The molecule has 1 unspecified atom stereocenters. The van der Waals surface area contributed by atoms with Crippen molar-refractivity contribution < 1.29 is 13.9 Å². The van der Waals surface area contributed by atoms with Crippen molar-refractivity contribution in [2.45, 2.75) is 24.9 Å². The van der Waals surface area contributed by atoms with Crippen LogP contribution in [0, 0.1) is 5.92 Å². The van der Waals surface area contributed by atoms with Crippen molar-refractivity contribution in [3.8, 4) is 0 Å². The van der Waals surface area contributed by atoms with Crippen LogP contribution in [0.3, 0.4) is 0 Å². The highest BCUT2D eigenvalue weighted by Crippen LogP contribution is 2.49. The van der Waals surface area contributed by atoms with Gasteiger partial charge in [-0.15, -0.1) is 11.3 Å². The number of aromatic nitrogens is 2. The van der Waals surface area contributed by atoms with Gasteiger partial charge in [0.1, 0.15) is 16.2 Å². The lowest BCUT2D eigenvalue weighted by Gasteiger charge is -2.37. The Labute approximate surface area is 105 Å². The van der Waals surface area contributed by atoms with E-state index in [0.717, 1.165) is 0 Å². The van der Waals surface area contributed by atoms with Crippen LogP contribution in [-0.2, 0) is 0 Å². The van der Waals surface area contributed by atoms with Crippen LogP contribution in [-0.4, -0.2) is 21.0 Å². The molecule has 1 aliphatic rings. The Kier molecular flexibility index (Phi) is 2.49. The second-order valence-electron chi connectivity index (χ2n) is 4.60. The van der Waals surface area contributed by atoms with Crippen LogP contribution >= 0.6 is 11.3 Å². The summed E-state index contributed by atoms with van der Waals surface area (Å²) in [7, 11) is 0. The smallest absolute Gasteiger partial charge is 0.248 e. The number of hydrogen-bond acceptors (Lipinski definition) is 5. The van der Waals surface area contributed by atoms with E-state index >= 15 is 0 Å². The summed E-state index contributed by atoms with van der Waals surface area (Å²) >= 11 is 1.25. The zero-order valence-electron chi connectivity index (χ0n) is 9.31. The fourth-order valence-corrected chi connectivity index (χ4v) is 3.23. The maximum Gasteiger partial charge on any atom is 0.248 e. The van der Waals surface area contributed by atoms with Crippen molar-refractivity contribution in [2.75, 3.05) is 5.73 Å². The first-order chi connectivity index (χ1) is 8.44. The van der Waals surface area contributed by atoms with Gasteiger partial charge in [0.15, 0.2) is 0 Å². The third-order valence-electron chi connectivity index (χ3n) is 3.14. The molecule has 1 atom stereocenters. The van der Waals surface area contributed by atoms with Crippen molar-refractivity contribution >= 4 is 27.5 Å². The monoisotopic (exact) mass is 271 g/mol. The summed E-state index contributed by atoms with van der Waals surface area (Å²) in [6.45, 7) is 0. The van der Waals surface area contributed by atoms with Crippen LogP contribution < -0.4 is 5.73 Å². The van der Waals surface area contributed by atoms with Gasteiger partial charge in [0, 0.05) is 23.6 Å². The number of anilines is 1. The average molecular weight is 271 g/mol. The maximum absolute atomic E-state index is 12.8. The van der Waals surface area contributed by atoms with Gasteiger partial charge < -0.3 is 10.8 Å². The maximum atomic E-state index is 12.8.